The van der Waals surface area contributed by atoms with Gasteiger partial charge in [-0.1, -0.05) is 18.2 Å². The number of H-pyrrole nitrogens is 1. The van der Waals surface area contributed by atoms with Crippen LogP contribution in [-0.4, -0.2) is 37.4 Å². The number of hydrogen-bond donors (Lipinski definition) is 1. The number of nitrogens with one attached hydrogen (secondary N) is 1. The molecule has 2 aromatic heterocycles. The summed E-state index contributed by atoms with van der Waals surface area (Å²) in [5.41, 5.74) is 2.19. The number of amides is 1. The molecule has 1 atom stereocenters. The number of carbonyl (C=O) groups excluding carboxylic acids is 1. The summed E-state index contributed by atoms with van der Waals surface area (Å²) >= 11 is 0. The molecule has 0 saturated carbocycles. The first-order valence-electron chi connectivity index (χ1n) is 10.2. The van der Waals surface area contributed by atoms with Gasteiger partial charge in [0.1, 0.15) is 18.4 Å². The van der Waals surface area contributed by atoms with Gasteiger partial charge in [-0.3, -0.25) is 4.79 Å². The first-order valence-corrected chi connectivity index (χ1v) is 10.2. The van der Waals surface area contributed by atoms with Gasteiger partial charge in [-0.25, -0.2) is 20.0 Å². The molecule has 2 aromatic carbocycles. The average molecular weight is 466 g/mol. The Labute approximate surface area is 191 Å². The van der Waals surface area contributed by atoms with Gasteiger partial charge in [-0.15, -0.1) is 13.2 Å². The summed E-state index contributed by atoms with van der Waals surface area (Å²) in [6, 6.07) is 11.0. The van der Waals surface area contributed by atoms with Crippen LogP contribution in [0.1, 0.15) is 18.1 Å². The van der Waals surface area contributed by atoms with E-state index in [0.29, 0.717) is 28.8 Å². The molecule has 0 fully saturated rings. The third-order valence-electron chi connectivity index (χ3n) is 5.69. The monoisotopic (exact) mass is 466 g/mol. The molecule has 0 spiro atoms. The van der Waals surface area contributed by atoms with Crippen molar-refractivity contribution in [1.29, 1.82) is 0 Å². The van der Waals surface area contributed by atoms with Gasteiger partial charge in [-0.05, 0) is 59.9 Å². The number of aromatic nitrogens is 5. The SMILES string of the molecule is CC1(Cc2cncnc2)C(=O)N(c2ncn[nH]2)c2ccc(-c3cccc(OC(F)(F)F)c3)cc21. The number of rotatable bonds is 5. The van der Waals surface area contributed by atoms with Crippen molar-refractivity contribution < 1.29 is 22.7 Å². The Hall–Kier alpha value is -4.28. The minimum Gasteiger partial charge on any atom is -0.406 e. The van der Waals surface area contributed by atoms with Crippen molar-refractivity contribution in [2.24, 2.45) is 0 Å². The topological polar surface area (TPSA) is 96.9 Å². The Balaban J connectivity index is 1.61. The van der Waals surface area contributed by atoms with Crippen LogP contribution in [0.5, 0.6) is 5.75 Å². The quantitative estimate of drug-likeness (QED) is 0.470. The molecule has 8 nitrogen and oxygen atoms in total. The van der Waals surface area contributed by atoms with Gasteiger partial charge in [0, 0.05) is 12.4 Å². The van der Waals surface area contributed by atoms with Crippen LogP contribution < -0.4 is 9.64 Å². The fourth-order valence-corrected chi connectivity index (χ4v) is 4.21. The summed E-state index contributed by atoms with van der Waals surface area (Å²) in [7, 11) is 0. The smallest absolute Gasteiger partial charge is 0.406 e. The van der Waals surface area contributed by atoms with Crippen molar-refractivity contribution in [2.45, 2.75) is 25.1 Å². The summed E-state index contributed by atoms with van der Waals surface area (Å²) in [5.74, 6) is -0.281. The molecule has 0 radical (unpaired) electrons. The number of hydrogen-bond acceptors (Lipinski definition) is 6. The normalized spacial score (nSPS) is 17.6. The van der Waals surface area contributed by atoms with E-state index in [0.717, 1.165) is 5.56 Å². The van der Waals surface area contributed by atoms with Crippen LogP contribution in [0.3, 0.4) is 0 Å². The minimum atomic E-state index is -4.79. The Morgan fingerprint density at radius 2 is 1.82 bits per heavy atom. The molecule has 1 amide bonds. The number of anilines is 2. The molecule has 34 heavy (non-hydrogen) atoms. The molecular weight excluding hydrogens is 449 g/mol. The van der Waals surface area contributed by atoms with E-state index in [1.165, 1.54) is 35.8 Å². The highest BCUT2D eigenvalue weighted by atomic mass is 19.4. The van der Waals surface area contributed by atoms with Crippen LogP contribution in [0.2, 0.25) is 0 Å². The highest BCUT2D eigenvalue weighted by Crippen LogP contribution is 2.47. The molecule has 0 saturated heterocycles. The van der Waals surface area contributed by atoms with Gasteiger partial charge in [0.15, 0.2) is 0 Å². The zero-order valence-corrected chi connectivity index (χ0v) is 17.7. The minimum absolute atomic E-state index is 0.227. The van der Waals surface area contributed by atoms with Gasteiger partial charge in [0.05, 0.1) is 11.1 Å². The molecule has 1 unspecified atom stereocenters. The molecule has 11 heteroatoms. The van der Waals surface area contributed by atoms with E-state index in [1.807, 2.05) is 6.92 Å². The van der Waals surface area contributed by atoms with Gasteiger partial charge in [0.2, 0.25) is 11.9 Å². The highest BCUT2D eigenvalue weighted by molar-refractivity contribution is 6.12. The van der Waals surface area contributed by atoms with Crippen LogP contribution in [-0.2, 0) is 16.6 Å². The molecule has 172 valence electrons. The van der Waals surface area contributed by atoms with E-state index in [-0.39, 0.29) is 17.6 Å². The maximum atomic E-state index is 13.7. The van der Waals surface area contributed by atoms with Crippen LogP contribution >= 0.6 is 0 Å². The lowest BCUT2D eigenvalue weighted by molar-refractivity contribution is -0.274. The number of aromatic amines is 1. The number of ether oxygens (including phenoxy) is 1. The molecule has 1 aliphatic heterocycles. The lowest BCUT2D eigenvalue weighted by atomic mass is 9.78. The van der Waals surface area contributed by atoms with Crippen molar-refractivity contribution in [3.05, 3.63) is 78.6 Å². The van der Waals surface area contributed by atoms with Gasteiger partial charge < -0.3 is 4.74 Å². The van der Waals surface area contributed by atoms with E-state index in [9.17, 15) is 18.0 Å². The van der Waals surface area contributed by atoms with Gasteiger partial charge in [0.25, 0.3) is 0 Å². The molecule has 0 aliphatic carbocycles. The fraction of sp³-hybridized carbons (Fsp3) is 0.174. The molecule has 1 N–H and O–H groups in total. The van der Waals surface area contributed by atoms with Crippen LogP contribution in [0, 0.1) is 0 Å². The second-order valence-electron chi connectivity index (χ2n) is 8.01. The van der Waals surface area contributed by atoms with E-state index >= 15 is 0 Å². The molecule has 3 heterocycles. The number of fused-ring (bicyclic) bond motifs is 1. The molecule has 1 aliphatic rings. The van der Waals surface area contributed by atoms with Gasteiger partial charge in [-0.2, -0.15) is 10.1 Å². The number of alkyl halides is 3. The largest absolute Gasteiger partial charge is 0.573 e. The number of nitrogens with zero attached hydrogens (tertiary/aromatic N) is 5. The molecular formula is C23H17F3N6O2. The van der Waals surface area contributed by atoms with Crippen molar-refractivity contribution in [3.63, 3.8) is 0 Å². The molecule has 5 rings (SSSR count). The molecule has 4 aromatic rings. The Morgan fingerprint density at radius 1 is 1.06 bits per heavy atom. The van der Waals surface area contributed by atoms with E-state index in [4.69, 9.17) is 0 Å². The Morgan fingerprint density at radius 3 is 2.53 bits per heavy atom. The second kappa shape index (κ2) is 7.94. The first-order chi connectivity index (χ1) is 16.2. The maximum Gasteiger partial charge on any atom is 0.573 e. The maximum absolute atomic E-state index is 13.7. The van der Waals surface area contributed by atoms with Crippen LogP contribution in [0.25, 0.3) is 11.1 Å². The van der Waals surface area contributed by atoms with E-state index in [2.05, 4.69) is 29.9 Å². The number of benzene rings is 2. The summed E-state index contributed by atoms with van der Waals surface area (Å²) in [5, 5.41) is 6.58. The second-order valence-corrected chi connectivity index (χ2v) is 8.01. The fourth-order valence-electron chi connectivity index (χ4n) is 4.21. The number of halogens is 3. The number of carbonyl (C=O) groups is 1. The predicted octanol–water partition coefficient (Wildman–Crippen LogP) is 4.34. The Bertz CT molecular complexity index is 1340. The van der Waals surface area contributed by atoms with Crippen molar-refractivity contribution in [3.8, 4) is 16.9 Å². The van der Waals surface area contributed by atoms with Crippen LogP contribution in [0.15, 0.2) is 67.5 Å². The summed E-state index contributed by atoms with van der Waals surface area (Å²) in [6.07, 6.45) is 1.52. The van der Waals surface area contributed by atoms with Crippen LogP contribution in [0.4, 0.5) is 24.8 Å². The lowest BCUT2D eigenvalue weighted by Gasteiger charge is -2.23. The Kier molecular flexibility index (Phi) is 5.03. The van der Waals surface area contributed by atoms with Crippen molar-refractivity contribution in [1.82, 2.24) is 25.1 Å². The predicted molar refractivity (Wildman–Crippen MR) is 115 cm³/mol. The zero-order chi connectivity index (χ0) is 23.9. The van der Waals surface area contributed by atoms with Crippen molar-refractivity contribution >= 4 is 17.5 Å². The highest BCUT2D eigenvalue weighted by Gasteiger charge is 2.49. The third kappa shape index (κ3) is 3.85. The van der Waals surface area contributed by atoms with E-state index in [1.54, 1.807) is 36.7 Å². The average Bonchev–Trinajstić information content (AvgIpc) is 3.39. The first kappa shape index (κ1) is 21.6. The summed E-state index contributed by atoms with van der Waals surface area (Å²) < 4.78 is 42.1. The zero-order valence-electron chi connectivity index (χ0n) is 17.7. The van der Waals surface area contributed by atoms with Crippen molar-refractivity contribution in [2.75, 3.05) is 4.90 Å². The van der Waals surface area contributed by atoms with Gasteiger partial charge >= 0.3 is 6.36 Å². The third-order valence-corrected chi connectivity index (χ3v) is 5.69. The standard InChI is InChI=1S/C23H17F3N6O2/c1-22(9-14-10-27-12-28-11-14)18-8-16(15-3-2-4-17(7-15)34-23(24,25)26)5-6-19(18)32(20(22)33)21-29-13-30-31-21/h2-8,10-13H,9H2,1H3,(H,29,30,31). The summed E-state index contributed by atoms with van der Waals surface area (Å²) in [6.45, 7) is 1.81. The summed E-state index contributed by atoms with van der Waals surface area (Å²) in [4.78, 5) is 27.4. The molecule has 0 bridgehead atoms. The van der Waals surface area contributed by atoms with E-state index < -0.39 is 11.8 Å². The lowest BCUT2D eigenvalue weighted by Crippen LogP contribution is -2.38.